The number of benzene rings is 1. The molecule has 0 bridgehead atoms. The third-order valence-electron chi connectivity index (χ3n) is 3.59. The third-order valence-corrected chi connectivity index (χ3v) is 3.59. The van der Waals surface area contributed by atoms with Gasteiger partial charge in [-0.1, -0.05) is 0 Å². The maximum absolute atomic E-state index is 2.51. The largest absolute Gasteiger partial charge is 0.378 e. The van der Waals surface area contributed by atoms with Crippen molar-refractivity contribution in [2.45, 2.75) is 32.7 Å². The molecule has 0 amide bonds. The van der Waals surface area contributed by atoms with Crippen molar-refractivity contribution in [3.05, 3.63) is 23.8 Å². The number of hydrogen-bond donors (Lipinski definition) is 0. The van der Waals surface area contributed by atoms with Gasteiger partial charge in [0.15, 0.2) is 0 Å². The average Bonchev–Trinajstić information content (AvgIpc) is 2.28. The van der Waals surface area contributed by atoms with E-state index in [1.807, 2.05) is 0 Å². The maximum Gasteiger partial charge on any atom is 0.0402 e. The molecule has 1 aliphatic rings. The van der Waals surface area contributed by atoms with Crippen molar-refractivity contribution in [3.8, 4) is 0 Å². The van der Waals surface area contributed by atoms with Crippen molar-refractivity contribution in [2.24, 2.45) is 0 Å². The van der Waals surface area contributed by atoms with Crippen LogP contribution in [0, 0.1) is 0 Å². The Morgan fingerprint density at radius 1 is 1.38 bits per heavy atom. The molecule has 0 N–H and O–H groups in total. The molecule has 0 radical (unpaired) electrons. The molecular weight excluding hydrogens is 196 g/mol. The van der Waals surface area contributed by atoms with Gasteiger partial charge < -0.3 is 9.80 Å². The van der Waals surface area contributed by atoms with Crippen molar-refractivity contribution in [1.82, 2.24) is 0 Å². The zero-order valence-electron chi connectivity index (χ0n) is 10.8. The molecule has 1 unspecified atom stereocenters. The molecule has 1 aromatic carbocycles. The number of anilines is 2. The number of rotatable bonds is 2. The highest BCUT2D eigenvalue weighted by molar-refractivity contribution is 5.63. The normalized spacial score (nSPS) is 19.5. The Morgan fingerprint density at radius 3 is 2.75 bits per heavy atom. The van der Waals surface area contributed by atoms with Gasteiger partial charge in [-0.15, -0.1) is 0 Å². The summed E-state index contributed by atoms with van der Waals surface area (Å²) in [5.41, 5.74) is 4.25. The first-order chi connectivity index (χ1) is 7.63. The summed E-state index contributed by atoms with van der Waals surface area (Å²) in [6, 6.07) is 7.52. The highest BCUT2D eigenvalue weighted by atomic mass is 15.2. The molecule has 1 atom stereocenters. The molecule has 0 aromatic heterocycles. The Bertz CT molecular complexity index is 371. The highest BCUT2D eigenvalue weighted by Gasteiger charge is 2.21. The van der Waals surface area contributed by atoms with Crippen LogP contribution in [0.25, 0.3) is 0 Å². The lowest BCUT2D eigenvalue weighted by atomic mass is 9.96. The fourth-order valence-electron chi connectivity index (χ4n) is 2.57. The number of nitrogens with zero attached hydrogens (tertiary/aromatic N) is 2. The minimum atomic E-state index is 0.683. The Kier molecular flexibility index (Phi) is 3.08. The molecule has 0 saturated carbocycles. The van der Waals surface area contributed by atoms with Crippen LogP contribution in [0.2, 0.25) is 0 Å². The minimum Gasteiger partial charge on any atom is -0.378 e. The van der Waals surface area contributed by atoms with Gasteiger partial charge in [-0.25, -0.2) is 0 Å². The topological polar surface area (TPSA) is 6.48 Å². The summed E-state index contributed by atoms with van der Waals surface area (Å²) < 4.78 is 0. The van der Waals surface area contributed by atoms with Crippen LogP contribution in [-0.2, 0) is 6.42 Å². The quantitative estimate of drug-likeness (QED) is 0.753. The van der Waals surface area contributed by atoms with Gasteiger partial charge in [-0.2, -0.15) is 0 Å². The first-order valence-electron chi connectivity index (χ1n) is 6.20. The maximum atomic E-state index is 2.51. The van der Waals surface area contributed by atoms with Crippen molar-refractivity contribution >= 4 is 11.4 Å². The first-order valence-corrected chi connectivity index (χ1v) is 6.20. The monoisotopic (exact) mass is 218 g/mol. The molecule has 1 heterocycles. The Hall–Kier alpha value is -1.18. The van der Waals surface area contributed by atoms with Gasteiger partial charge >= 0.3 is 0 Å². The van der Waals surface area contributed by atoms with Crippen LogP contribution in [0.4, 0.5) is 11.4 Å². The van der Waals surface area contributed by atoms with Crippen LogP contribution in [0.3, 0.4) is 0 Å². The van der Waals surface area contributed by atoms with Gasteiger partial charge in [0.1, 0.15) is 0 Å². The van der Waals surface area contributed by atoms with Crippen molar-refractivity contribution in [3.63, 3.8) is 0 Å². The van der Waals surface area contributed by atoms with Crippen molar-refractivity contribution in [2.75, 3.05) is 30.4 Å². The second-order valence-corrected chi connectivity index (χ2v) is 4.88. The summed E-state index contributed by atoms with van der Waals surface area (Å²) in [5, 5.41) is 0. The predicted octanol–water partition coefficient (Wildman–Crippen LogP) is 2.91. The fourth-order valence-corrected chi connectivity index (χ4v) is 2.57. The van der Waals surface area contributed by atoms with Gasteiger partial charge in [0.05, 0.1) is 0 Å². The second kappa shape index (κ2) is 4.36. The molecular formula is C14H22N2. The van der Waals surface area contributed by atoms with Crippen LogP contribution in [-0.4, -0.2) is 26.7 Å². The van der Waals surface area contributed by atoms with E-state index in [0.717, 1.165) is 6.54 Å². The summed E-state index contributed by atoms with van der Waals surface area (Å²) in [6.45, 7) is 5.67. The lowest BCUT2D eigenvalue weighted by Crippen LogP contribution is -2.37. The summed E-state index contributed by atoms with van der Waals surface area (Å²) in [4.78, 5) is 4.69. The van der Waals surface area contributed by atoms with E-state index in [4.69, 9.17) is 0 Å². The van der Waals surface area contributed by atoms with Crippen LogP contribution >= 0.6 is 0 Å². The molecule has 0 spiro atoms. The molecule has 2 heteroatoms. The average molecular weight is 218 g/mol. The van der Waals surface area contributed by atoms with E-state index in [1.54, 1.807) is 0 Å². The van der Waals surface area contributed by atoms with Gasteiger partial charge in [0.25, 0.3) is 0 Å². The Morgan fingerprint density at radius 2 is 2.12 bits per heavy atom. The van der Waals surface area contributed by atoms with Crippen LogP contribution in [0.5, 0.6) is 0 Å². The molecule has 16 heavy (non-hydrogen) atoms. The molecule has 1 aliphatic heterocycles. The molecule has 0 saturated heterocycles. The zero-order valence-corrected chi connectivity index (χ0v) is 10.8. The molecule has 2 nitrogen and oxygen atoms in total. The zero-order chi connectivity index (χ0) is 11.7. The van der Waals surface area contributed by atoms with E-state index >= 15 is 0 Å². The van der Waals surface area contributed by atoms with E-state index in [-0.39, 0.29) is 0 Å². The Labute approximate surface area is 98.9 Å². The van der Waals surface area contributed by atoms with Gasteiger partial charge in [-0.3, -0.25) is 0 Å². The van der Waals surface area contributed by atoms with Gasteiger partial charge in [0, 0.05) is 38.1 Å². The van der Waals surface area contributed by atoms with E-state index in [1.165, 1.54) is 29.8 Å². The van der Waals surface area contributed by atoms with E-state index in [9.17, 15) is 0 Å². The van der Waals surface area contributed by atoms with Crippen LogP contribution < -0.4 is 9.80 Å². The van der Waals surface area contributed by atoms with Crippen molar-refractivity contribution < 1.29 is 0 Å². The van der Waals surface area contributed by atoms with E-state index < -0.39 is 0 Å². The Balaban J connectivity index is 2.38. The van der Waals surface area contributed by atoms with Gasteiger partial charge in [-0.05, 0) is 50.5 Å². The summed E-state index contributed by atoms with van der Waals surface area (Å²) in [7, 11) is 4.20. The second-order valence-electron chi connectivity index (χ2n) is 4.88. The van der Waals surface area contributed by atoms with Crippen LogP contribution in [0.15, 0.2) is 18.2 Å². The van der Waals surface area contributed by atoms with Crippen molar-refractivity contribution in [1.29, 1.82) is 0 Å². The smallest absolute Gasteiger partial charge is 0.0402 e. The molecule has 1 aromatic rings. The lowest BCUT2D eigenvalue weighted by Gasteiger charge is -2.36. The summed E-state index contributed by atoms with van der Waals surface area (Å²) in [5.74, 6) is 0. The predicted molar refractivity (Wildman–Crippen MR) is 71.6 cm³/mol. The van der Waals surface area contributed by atoms with Gasteiger partial charge in [0.2, 0.25) is 0 Å². The standard InChI is InChI=1S/C14H22N2/c1-5-16-11(2)6-7-12-10-13(15(3)4)8-9-14(12)16/h8-11H,5-7H2,1-4H3. The van der Waals surface area contributed by atoms with E-state index in [0.29, 0.717) is 6.04 Å². The molecule has 88 valence electrons. The molecule has 0 fully saturated rings. The third kappa shape index (κ3) is 1.89. The first kappa shape index (κ1) is 11.3. The van der Waals surface area contributed by atoms with E-state index in [2.05, 4.69) is 55.9 Å². The summed E-state index contributed by atoms with van der Waals surface area (Å²) >= 11 is 0. The fraction of sp³-hybridized carbons (Fsp3) is 0.571. The molecule has 2 rings (SSSR count). The SMILES string of the molecule is CCN1c2ccc(N(C)C)cc2CCC1C. The highest BCUT2D eigenvalue weighted by Crippen LogP contribution is 2.32. The lowest BCUT2D eigenvalue weighted by molar-refractivity contribution is 0.572. The minimum absolute atomic E-state index is 0.683. The number of hydrogen-bond acceptors (Lipinski definition) is 2. The van der Waals surface area contributed by atoms with Crippen LogP contribution in [0.1, 0.15) is 25.8 Å². The summed E-state index contributed by atoms with van der Waals surface area (Å²) in [6.07, 6.45) is 2.49. The number of aryl methyl sites for hydroxylation is 1. The molecule has 0 aliphatic carbocycles. The number of fused-ring (bicyclic) bond motifs is 1.